The molecule has 2 unspecified atom stereocenters. The molecular formula is C17H27ClN2O2. The zero-order valence-electron chi connectivity index (χ0n) is 13.4. The minimum atomic E-state index is -0.235. The van der Waals surface area contributed by atoms with Gasteiger partial charge in [-0.2, -0.15) is 0 Å². The summed E-state index contributed by atoms with van der Waals surface area (Å²) in [5, 5.41) is 0. The molecule has 0 radical (unpaired) electrons. The molecule has 0 aromatic heterocycles. The van der Waals surface area contributed by atoms with Crippen molar-refractivity contribution in [1.29, 1.82) is 0 Å². The van der Waals surface area contributed by atoms with E-state index >= 15 is 0 Å². The first-order valence-electron chi connectivity index (χ1n) is 7.75. The second kappa shape index (κ2) is 9.13. The second-order valence-corrected chi connectivity index (χ2v) is 6.17. The Morgan fingerprint density at radius 2 is 2.05 bits per heavy atom. The number of amides is 1. The summed E-state index contributed by atoms with van der Waals surface area (Å²) in [5.41, 5.74) is 7.18. The molecule has 1 aromatic rings. The van der Waals surface area contributed by atoms with E-state index in [9.17, 15) is 4.79 Å². The molecule has 4 nitrogen and oxygen atoms in total. The Labute approximate surface area is 139 Å². The van der Waals surface area contributed by atoms with E-state index in [1.165, 1.54) is 0 Å². The van der Waals surface area contributed by atoms with E-state index in [4.69, 9.17) is 10.5 Å². The molecule has 22 heavy (non-hydrogen) atoms. The summed E-state index contributed by atoms with van der Waals surface area (Å²) < 4.78 is 5.53. The average molecular weight is 327 g/mol. The molecule has 1 fully saturated rings. The minimum absolute atomic E-state index is 0. The number of hydrogen-bond donors (Lipinski definition) is 1. The summed E-state index contributed by atoms with van der Waals surface area (Å²) in [6.45, 7) is 6.29. The van der Waals surface area contributed by atoms with Crippen LogP contribution in [0.1, 0.15) is 38.3 Å². The van der Waals surface area contributed by atoms with Crippen LogP contribution in [0.3, 0.4) is 0 Å². The zero-order valence-corrected chi connectivity index (χ0v) is 14.2. The molecule has 1 heterocycles. The molecule has 2 N–H and O–H groups in total. The van der Waals surface area contributed by atoms with Gasteiger partial charge >= 0.3 is 0 Å². The highest BCUT2D eigenvalue weighted by Crippen LogP contribution is 2.20. The number of morpholine rings is 1. The topological polar surface area (TPSA) is 55.6 Å². The van der Waals surface area contributed by atoms with Crippen molar-refractivity contribution in [2.24, 2.45) is 11.7 Å². The molecule has 1 aliphatic rings. The Kier molecular flexibility index (Phi) is 7.87. The standard InChI is InChI=1S/C17H26N2O2.ClH/c1-13(2)10-15-12-21-9-8-19(15)17(20)11-16(18)14-6-4-3-5-7-14;/h3-7,13,15-16H,8-12,18H2,1-2H3;1H. The fraction of sp³-hybridized carbons (Fsp3) is 0.588. The van der Waals surface area contributed by atoms with Crippen molar-refractivity contribution in [3.8, 4) is 0 Å². The number of halogens is 1. The van der Waals surface area contributed by atoms with Crippen molar-refractivity contribution in [2.45, 2.75) is 38.8 Å². The molecule has 0 bridgehead atoms. The lowest BCUT2D eigenvalue weighted by atomic mass is 10.00. The summed E-state index contributed by atoms with van der Waals surface area (Å²) in [4.78, 5) is 14.5. The summed E-state index contributed by atoms with van der Waals surface area (Å²) in [6, 6.07) is 9.77. The van der Waals surface area contributed by atoms with Gasteiger partial charge in [0, 0.05) is 19.0 Å². The number of carbonyl (C=O) groups excluding carboxylic acids is 1. The van der Waals surface area contributed by atoms with E-state index < -0.39 is 0 Å². The second-order valence-electron chi connectivity index (χ2n) is 6.17. The van der Waals surface area contributed by atoms with E-state index in [1.807, 2.05) is 35.2 Å². The largest absolute Gasteiger partial charge is 0.377 e. The molecule has 124 valence electrons. The maximum Gasteiger partial charge on any atom is 0.224 e. The van der Waals surface area contributed by atoms with Crippen LogP contribution in [0, 0.1) is 5.92 Å². The first-order chi connectivity index (χ1) is 10.1. The van der Waals surface area contributed by atoms with E-state index in [0.29, 0.717) is 32.1 Å². The van der Waals surface area contributed by atoms with Gasteiger partial charge in [0.1, 0.15) is 0 Å². The molecular weight excluding hydrogens is 300 g/mol. The zero-order chi connectivity index (χ0) is 15.2. The first kappa shape index (κ1) is 18.9. The maximum atomic E-state index is 12.6. The van der Waals surface area contributed by atoms with Crippen LogP contribution in [-0.4, -0.2) is 36.6 Å². The molecule has 0 saturated carbocycles. The molecule has 2 atom stereocenters. The average Bonchev–Trinajstić information content (AvgIpc) is 2.48. The van der Waals surface area contributed by atoms with Crippen LogP contribution >= 0.6 is 12.4 Å². The SMILES string of the molecule is CC(C)CC1COCCN1C(=O)CC(N)c1ccccc1.Cl. The van der Waals surface area contributed by atoms with E-state index in [2.05, 4.69) is 13.8 Å². The van der Waals surface area contributed by atoms with Crippen molar-refractivity contribution in [3.05, 3.63) is 35.9 Å². The van der Waals surface area contributed by atoms with Gasteiger partial charge in [0.15, 0.2) is 0 Å². The third-order valence-corrected chi connectivity index (χ3v) is 3.91. The highest BCUT2D eigenvalue weighted by molar-refractivity contribution is 5.85. The molecule has 1 saturated heterocycles. The van der Waals surface area contributed by atoms with Gasteiger partial charge in [0.2, 0.25) is 5.91 Å². The van der Waals surface area contributed by atoms with Gasteiger partial charge in [0.05, 0.1) is 19.3 Å². The summed E-state index contributed by atoms with van der Waals surface area (Å²) in [6.07, 6.45) is 1.34. The van der Waals surface area contributed by atoms with Gasteiger partial charge < -0.3 is 15.4 Å². The van der Waals surface area contributed by atoms with Crippen molar-refractivity contribution in [1.82, 2.24) is 4.90 Å². The number of benzene rings is 1. The van der Waals surface area contributed by atoms with Crippen LogP contribution in [-0.2, 0) is 9.53 Å². The molecule has 0 aliphatic carbocycles. The molecule has 0 spiro atoms. The third-order valence-electron chi connectivity index (χ3n) is 3.91. The van der Waals surface area contributed by atoms with Gasteiger partial charge in [0.25, 0.3) is 0 Å². The van der Waals surface area contributed by atoms with Crippen molar-refractivity contribution in [2.75, 3.05) is 19.8 Å². The van der Waals surface area contributed by atoms with Crippen molar-refractivity contribution >= 4 is 18.3 Å². The van der Waals surface area contributed by atoms with Crippen LogP contribution < -0.4 is 5.73 Å². The van der Waals surface area contributed by atoms with Crippen LogP contribution in [0.2, 0.25) is 0 Å². The molecule has 1 amide bonds. The number of ether oxygens (including phenoxy) is 1. The van der Waals surface area contributed by atoms with Crippen LogP contribution in [0.25, 0.3) is 0 Å². The first-order valence-corrected chi connectivity index (χ1v) is 7.75. The lowest BCUT2D eigenvalue weighted by Crippen LogP contribution is -2.49. The highest BCUT2D eigenvalue weighted by Gasteiger charge is 2.28. The van der Waals surface area contributed by atoms with Crippen LogP contribution in [0.15, 0.2) is 30.3 Å². The maximum absolute atomic E-state index is 12.6. The lowest BCUT2D eigenvalue weighted by Gasteiger charge is -2.37. The number of nitrogens with zero attached hydrogens (tertiary/aromatic N) is 1. The van der Waals surface area contributed by atoms with E-state index in [1.54, 1.807) is 0 Å². The Bertz CT molecular complexity index is 453. The van der Waals surface area contributed by atoms with Crippen LogP contribution in [0.4, 0.5) is 0 Å². The molecule has 2 rings (SSSR count). The van der Waals surface area contributed by atoms with E-state index in [-0.39, 0.29) is 30.4 Å². The summed E-state index contributed by atoms with van der Waals surface area (Å²) in [7, 11) is 0. The predicted octanol–water partition coefficient (Wildman–Crippen LogP) is 2.77. The van der Waals surface area contributed by atoms with Gasteiger partial charge in [-0.15, -0.1) is 12.4 Å². The van der Waals surface area contributed by atoms with Crippen molar-refractivity contribution < 1.29 is 9.53 Å². The quantitative estimate of drug-likeness (QED) is 0.905. The number of hydrogen-bond acceptors (Lipinski definition) is 3. The Balaban J connectivity index is 0.00000242. The number of carbonyl (C=O) groups is 1. The third kappa shape index (κ3) is 5.27. The Morgan fingerprint density at radius 1 is 1.36 bits per heavy atom. The fourth-order valence-electron chi connectivity index (χ4n) is 2.85. The lowest BCUT2D eigenvalue weighted by molar-refractivity contribution is -0.140. The summed E-state index contributed by atoms with van der Waals surface area (Å²) in [5.74, 6) is 0.690. The number of nitrogens with two attached hydrogens (primary N) is 1. The van der Waals surface area contributed by atoms with Gasteiger partial charge in [-0.25, -0.2) is 0 Å². The minimum Gasteiger partial charge on any atom is -0.377 e. The van der Waals surface area contributed by atoms with Crippen LogP contribution in [0.5, 0.6) is 0 Å². The molecule has 1 aliphatic heterocycles. The molecule has 5 heteroatoms. The normalized spacial score (nSPS) is 19.6. The van der Waals surface area contributed by atoms with E-state index in [0.717, 1.165) is 12.0 Å². The summed E-state index contributed by atoms with van der Waals surface area (Å²) >= 11 is 0. The Morgan fingerprint density at radius 3 is 2.68 bits per heavy atom. The van der Waals surface area contributed by atoms with Gasteiger partial charge in [-0.3, -0.25) is 4.79 Å². The van der Waals surface area contributed by atoms with Gasteiger partial charge in [-0.05, 0) is 17.9 Å². The highest BCUT2D eigenvalue weighted by atomic mass is 35.5. The van der Waals surface area contributed by atoms with Crippen molar-refractivity contribution in [3.63, 3.8) is 0 Å². The molecule has 1 aromatic carbocycles. The Hall–Kier alpha value is -1.10. The predicted molar refractivity (Wildman–Crippen MR) is 91.0 cm³/mol. The van der Waals surface area contributed by atoms with Gasteiger partial charge in [-0.1, -0.05) is 44.2 Å². The smallest absolute Gasteiger partial charge is 0.224 e. The fourth-order valence-corrected chi connectivity index (χ4v) is 2.85. The monoisotopic (exact) mass is 326 g/mol. The number of rotatable bonds is 5.